The number of anilines is 1. The van der Waals surface area contributed by atoms with Crippen LogP contribution in [0, 0.1) is 5.92 Å². The lowest BCUT2D eigenvalue weighted by Crippen LogP contribution is -2.25. The molecule has 1 aromatic heterocycles. The zero-order chi connectivity index (χ0) is 15.4. The monoisotopic (exact) mass is 359 g/mol. The third-order valence-corrected chi connectivity index (χ3v) is 4.38. The van der Waals surface area contributed by atoms with Gasteiger partial charge in [-0.1, -0.05) is 40.2 Å². The van der Waals surface area contributed by atoms with E-state index in [9.17, 15) is 4.79 Å². The Hall–Kier alpha value is -1.88. The number of allylic oxidation sites excluding steroid dienone is 2. The van der Waals surface area contributed by atoms with E-state index in [-0.39, 0.29) is 11.8 Å². The molecule has 3 rings (SSSR count). The molecule has 0 bridgehead atoms. The number of rotatable bonds is 4. The molecule has 0 spiro atoms. The summed E-state index contributed by atoms with van der Waals surface area (Å²) in [6.07, 6.45) is 8.68. The fourth-order valence-electron chi connectivity index (χ4n) is 2.59. The molecule has 0 saturated heterocycles. The lowest BCUT2D eigenvalue weighted by atomic mass is 9.94. The van der Waals surface area contributed by atoms with Gasteiger partial charge in [-0.25, -0.2) is 4.68 Å². The average molecular weight is 360 g/mol. The van der Waals surface area contributed by atoms with Crippen LogP contribution in [-0.4, -0.2) is 15.7 Å². The fourth-order valence-corrected chi connectivity index (χ4v) is 2.85. The minimum Gasteiger partial charge on any atom is -0.311 e. The molecule has 1 aliphatic rings. The molecule has 1 N–H and O–H groups in total. The van der Waals surface area contributed by atoms with Gasteiger partial charge in [0.1, 0.15) is 5.82 Å². The molecule has 0 radical (unpaired) electrons. The van der Waals surface area contributed by atoms with Crippen LogP contribution >= 0.6 is 15.9 Å². The van der Waals surface area contributed by atoms with Crippen molar-refractivity contribution in [2.75, 3.05) is 5.32 Å². The average Bonchev–Trinajstić information content (AvgIpc) is 2.97. The summed E-state index contributed by atoms with van der Waals surface area (Å²) >= 11 is 3.43. The van der Waals surface area contributed by atoms with Crippen LogP contribution in [-0.2, 0) is 11.3 Å². The third-order valence-electron chi connectivity index (χ3n) is 3.85. The van der Waals surface area contributed by atoms with Gasteiger partial charge in [-0.05, 0) is 37.0 Å². The van der Waals surface area contributed by atoms with Gasteiger partial charge in [0.25, 0.3) is 0 Å². The Labute approximate surface area is 138 Å². The van der Waals surface area contributed by atoms with Crippen molar-refractivity contribution in [3.63, 3.8) is 0 Å². The Balaban J connectivity index is 1.67. The number of hydrogen-bond acceptors (Lipinski definition) is 2. The maximum Gasteiger partial charge on any atom is 0.228 e. The Morgan fingerprint density at radius 3 is 2.82 bits per heavy atom. The van der Waals surface area contributed by atoms with Crippen molar-refractivity contribution >= 4 is 27.7 Å². The third kappa shape index (κ3) is 3.65. The minimum absolute atomic E-state index is 0.0704. The van der Waals surface area contributed by atoms with Crippen molar-refractivity contribution in [1.82, 2.24) is 9.78 Å². The van der Waals surface area contributed by atoms with Gasteiger partial charge in [0.15, 0.2) is 0 Å². The predicted molar refractivity (Wildman–Crippen MR) is 90.6 cm³/mol. The molecule has 0 aliphatic heterocycles. The molecule has 22 heavy (non-hydrogen) atoms. The van der Waals surface area contributed by atoms with Crippen molar-refractivity contribution in [2.24, 2.45) is 5.92 Å². The molecule has 0 saturated carbocycles. The van der Waals surface area contributed by atoms with Gasteiger partial charge in [0.2, 0.25) is 5.91 Å². The summed E-state index contributed by atoms with van der Waals surface area (Å²) in [6.45, 7) is 0.639. The summed E-state index contributed by atoms with van der Waals surface area (Å²) in [6, 6.07) is 9.94. The molecular weight excluding hydrogens is 342 g/mol. The fraction of sp³-hybridized carbons (Fsp3) is 0.294. The van der Waals surface area contributed by atoms with E-state index in [1.807, 2.05) is 35.0 Å². The van der Waals surface area contributed by atoms with Crippen molar-refractivity contribution in [2.45, 2.75) is 25.8 Å². The molecule has 1 aliphatic carbocycles. The molecule has 2 aromatic rings. The van der Waals surface area contributed by atoms with Crippen molar-refractivity contribution in [3.8, 4) is 0 Å². The molecule has 0 fully saturated rings. The Morgan fingerprint density at radius 2 is 2.09 bits per heavy atom. The zero-order valence-electron chi connectivity index (χ0n) is 12.2. The van der Waals surface area contributed by atoms with E-state index in [0.717, 1.165) is 35.1 Å². The van der Waals surface area contributed by atoms with Crippen LogP contribution in [0.15, 0.2) is 53.2 Å². The van der Waals surface area contributed by atoms with Gasteiger partial charge in [0.05, 0.1) is 12.7 Å². The van der Waals surface area contributed by atoms with Crippen molar-refractivity contribution in [1.29, 1.82) is 0 Å². The number of hydrogen-bond donors (Lipinski definition) is 1. The van der Waals surface area contributed by atoms with Crippen LogP contribution in [0.5, 0.6) is 0 Å². The van der Waals surface area contributed by atoms with E-state index < -0.39 is 0 Å². The van der Waals surface area contributed by atoms with Crippen molar-refractivity contribution in [3.05, 3.63) is 58.7 Å². The number of benzene rings is 1. The summed E-state index contributed by atoms with van der Waals surface area (Å²) in [5.74, 6) is 0.908. The SMILES string of the molecule is O=C(Nc1ccnn1Cc1ccc(Br)cc1)[C@@H]1CC=CCC1. The molecule has 1 heterocycles. The minimum atomic E-state index is 0.0704. The summed E-state index contributed by atoms with van der Waals surface area (Å²) in [5, 5.41) is 7.32. The number of amides is 1. The first kappa shape index (κ1) is 15.0. The van der Waals surface area contributed by atoms with E-state index in [1.165, 1.54) is 0 Å². The molecule has 5 heteroatoms. The van der Waals surface area contributed by atoms with Gasteiger partial charge < -0.3 is 5.32 Å². The molecular formula is C17H18BrN3O. The summed E-state index contributed by atoms with van der Waals surface area (Å²) in [4.78, 5) is 12.3. The maximum atomic E-state index is 12.3. The molecule has 0 unspecified atom stereocenters. The second kappa shape index (κ2) is 6.92. The van der Waals surface area contributed by atoms with E-state index in [4.69, 9.17) is 0 Å². The topological polar surface area (TPSA) is 46.9 Å². The van der Waals surface area contributed by atoms with Crippen LogP contribution in [0.1, 0.15) is 24.8 Å². The quantitative estimate of drug-likeness (QED) is 0.839. The lowest BCUT2D eigenvalue weighted by molar-refractivity contribution is -0.120. The predicted octanol–water partition coefficient (Wildman–Crippen LogP) is 3.99. The standard InChI is InChI=1S/C17H18BrN3O/c18-15-8-6-13(7-9-15)12-21-16(10-11-19-21)20-17(22)14-4-2-1-3-5-14/h1-2,6-11,14H,3-5,12H2,(H,20,22)/t14-/m1/s1. The highest BCUT2D eigenvalue weighted by molar-refractivity contribution is 9.10. The van der Waals surface area contributed by atoms with E-state index in [0.29, 0.717) is 6.54 Å². The smallest absolute Gasteiger partial charge is 0.228 e. The van der Waals surface area contributed by atoms with E-state index in [2.05, 4.69) is 38.5 Å². The van der Waals surface area contributed by atoms with Crippen LogP contribution in [0.25, 0.3) is 0 Å². The first-order valence-electron chi connectivity index (χ1n) is 7.44. The van der Waals surface area contributed by atoms with Gasteiger partial charge in [-0.3, -0.25) is 4.79 Å². The normalized spacial score (nSPS) is 17.4. The molecule has 114 valence electrons. The van der Waals surface area contributed by atoms with Gasteiger partial charge in [0, 0.05) is 16.5 Å². The van der Waals surface area contributed by atoms with Gasteiger partial charge in [-0.2, -0.15) is 5.10 Å². The zero-order valence-corrected chi connectivity index (χ0v) is 13.8. The van der Waals surface area contributed by atoms with E-state index >= 15 is 0 Å². The summed E-state index contributed by atoms with van der Waals surface area (Å²) < 4.78 is 2.87. The van der Waals surface area contributed by atoms with Crippen LogP contribution in [0.4, 0.5) is 5.82 Å². The molecule has 1 amide bonds. The molecule has 1 atom stereocenters. The largest absolute Gasteiger partial charge is 0.311 e. The Kier molecular flexibility index (Phi) is 4.73. The second-order valence-electron chi connectivity index (χ2n) is 5.47. The Morgan fingerprint density at radius 1 is 1.27 bits per heavy atom. The number of carbonyl (C=O) groups excluding carboxylic acids is 1. The van der Waals surface area contributed by atoms with Crippen LogP contribution in [0.3, 0.4) is 0 Å². The Bertz CT molecular complexity index is 675. The first-order chi connectivity index (χ1) is 10.7. The summed E-state index contributed by atoms with van der Waals surface area (Å²) in [7, 11) is 0. The maximum absolute atomic E-state index is 12.3. The molecule has 4 nitrogen and oxygen atoms in total. The highest BCUT2D eigenvalue weighted by atomic mass is 79.9. The number of aromatic nitrogens is 2. The highest BCUT2D eigenvalue weighted by Crippen LogP contribution is 2.20. The first-order valence-corrected chi connectivity index (χ1v) is 8.24. The molecule has 1 aromatic carbocycles. The highest BCUT2D eigenvalue weighted by Gasteiger charge is 2.19. The number of nitrogens with zero attached hydrogens (tertiary/aromatic N) is 2. The lowest BCUT2D eigenvalue weighted by Gasteiger charge is -2.17. The van der Waals surface area contributed by atoms with Crippen molar-refractivity contribution < 1.29 is 4.79 Å². The van der Waals surface area contributed by atoms with Crippen LogP contribution in [0.2, 0.25) is 0 Å². The second-order valence-corrected chi connectivity index (χ2v) is 6.39. The van der Waals surface area contributed by atoms with Gasteiger partial charge >= 0.3 is 0 Å². The van der Waals surface area contributed by atoms with Gasteiger partial charge in [-0.15, -0.1) is 0 Å². The van der Waals surface area contributed by atoms with E-state index in [1.54, 1.807) is 6.20 Å². The number of carbonyl (C=O) groups is 1. The van der Waals surface area contributed by atoms with Crippen LogP contribution < -0.4 is 5.32 Å². The number of nitrogens with one attached hydrogen (secondary N) is 1. The number of halogens is 1. The summed E-state index contributed by atoms with van der Waals surface area (Å²) in [5.41, 5.74) is 1.14.